The van der Waals surface area contributed by atoms with Crippen LogP contribution in [0.5, 0.6) is 0 Å². The summed E-state index contributed by atoms with van der Waals surface area (Å²) in [6.07, 6.45) is 2.40. The lowest BCUT2D eigenvalue weighted by atomic mass is 10.0. The van der Waals surface area contributed by atoms with Crippen molar-refractivity contribution in [1.29, 1.82) is 0 Å². The Morgan fingerprint density at radius 1 is 1.42 bits per heavy atom. The minimum Gasteiger partial charge on any atom is -0.399 e. The summed E-state index contributed by atoms with van der Waals surface area (Å²) in [5.74, 6) is 0. The molecule has 0 fully saturated rings. The van der Waals surface area contributed by atoms with Gasteiger partial charge in [0.05, 0.1) is 22.9 Å². The van der Waals surface area contributed by atoms with Gasteiger partial charge in [0.15, 0.2) is 0 Å². The summed E-state index contributed by atoms with van der Waals surface area (Å²) in [6, 6.07) is 6.16. The number of nitrogens with two attached hydrogens (primary N) is 1. The van der Waals surface area contributed by atoms with E-state index in [4.69, 9.17) is 5.73 Å². The molecule has 0 atom stereocenters. The second-order valence-corrected chi connectivity index (χ2v) is 4.24. The maximum Gasteiger partial charge on any atom is 0.0591 e. The van der Waals surface area contributed by atoms with Gasteiger partial charge in [-0.3, -0.25) is 0 Å². The Balaban J connectivity index is 2.46. The molecule has 1 heterocycles. The second kappa shape index (κ2) is 3.12. The highest BCUT2D eigenvalue weighted by molar-refractivity contribution is 14.1. The largest absolute Gasteiger partial charge is 0.399 e. The number of fused-ring (bicyclic) bond motifs is 1. The molecule has 0 aliphatic carbocycles. The van der Waals surface area contributed by atoms with Crippen molar-refractivity contribution in [2.45, 2.75) is 12.8 Å². The Kier molecular flexibility index (Phi) is 2.12. The Bertz CT molecular complexity index is 299. The third-order valence-electron chi connectivity index (χ3n) is 2.17. The molecule has 0 amide bonds. The topological polar surface area (TPSA) is 29.3 Å². The molecule has 0 aromatic heterocycles. The summed E-state index contributed by atoms with van der Waals surface area (Å²) >= 11 is 2.35. The Hall–Kier alpha value is -0.450. The van der Waals surface area contributed by atoms with Gasteiger partial charge in [0.2, 0.25) is 0 Å². The zero-order chi connectivity index (χ0) is 8.55. The van der Waals surface area contributed by atoms with Gasteiger partial charge in [0.25, 0.3) is 0 Å². The minimum atomic E-state index is 0.875. The van der Waals surface area contributed by atoms with E-state index in [-0.39, 0.29) is 0 Å². The normalized spacial score (nSPS) is 15.9. The van der Waals surface area contributed by atoms with Crippen molar-refractivity contribution in [3.05, 3.63) is 23.8 Å². The third-order valence-corrected chi connectivity index (χ3v) is 3.17. The van der Waals surface area contributed by atoms with E-state index in [0.717, 1.165) is 12.2 Å². The molecule has 2 nitrogen and oxygen atoms in total. The molecule has 3 heteroatoms. The molecule has 2 rings (SSSR count). The predicted molar refractivity (Wildman–Crippen MR) is 60.5 cm³/mol. The van der Waals surface area contributed by atoms with Gasteiger partial charge in [-0.1, -0.05) is 0 Å². The highest BCUT2D eigenvalue weighted by Gasteiger charge is 2.13. The van der Waals surface area contributed by atoms with Crippen LogP contribution in [0.4, 0.5) is 11.4 Å². The molecule has 1 aromatic rings. The number of rotatable bonds is 0. The van der Waals surface area contributed by atoms with Gasteiger partial charge in [0, 0.05) is 17.9 Å². The minimum absolute atomic E-state index is 0.875. The molecule has 0 radical (unpaired) electrons. The van der Waals surface area contributed by atoms with Crippen molar-refractivity contribution in [2.24, 2.45) is 0 Å². The van der Waals surface area contributed by atoms with Gasteiger partial charge < -0.3 is 8.85 Å². The fourth-order valence-corrected chi connectivity index (χ4v) is 2.38. The molecule has 0 unspecified atom stereocenters. The lowest BCUT2D eigenvalue weighted by Crippen LogP contribution is -2.18. The number of anilines is 2. The van der Waals surface area contributed by atoms with Crippen molar-refractivity contribution in [2.75, 3.05) is 15.4 Å². The van der Waals surface area contributed by atoms with Gasteiger partial charge in [0.1, 0.15) is 0 Å². The quantitative estimate of drug-likeness (QED) is 0.447. The molecule has 0 bridgehead atoms. The van der Waals surface area contributed by atoms with Crippen LogP contribution in [0.3, 0.4) is 0 Å². The smallest absolute Gasteiger partial charge is 0.0591 e. The standard InChI is InChI=1S/C9H11IN2/c10-12-5-1-2-7-6-8(11)3-4-9(7)12/h3-4,6H,1-2,5,11H2. The van der Waals surface area contributed by atoms with Crippen molar-refractivity contribution in [3.8, 4) is 0 Å². The number of nitrogen functional groups attached to an aromatic ring is 1. The van der Waals surface area contributed by atoms with E-state index in [1.165, 1.54) is 24.1 Å². The second-order valence-electron chi connectivity index (χ2n) is 3.08. The molecule has 1 aliphatic rings. The maximum atomic E-state index is 5.71. The Morgan fingerprint density at radius 3 is 3.08 bits per heavy atom. The van der Waals surface area contributed by atoms with Crippen molar-refractivity contribution < 1.29 is 0 Å². The van der Waals surface area contributed by atoms with Crippen LogP contribution in [0.25, 0.3) is 0 Å². The van der Waals surface area contributed by atoms with E-state index in [1.807, 2.05) is 6.07 Å². The first-order valence-electron chi connectivity index (χ1n) is 4.09. The molecule has 64 valence electrons. The van der Waals surface area contributed by atoms with E-state index in [0.29, 0.717) is 0 Å². The van der Waals surface area contributed by atoms with Crippen LogP contribution in [0, 0.1) is 0 Å². The van der Waals surface area contributed by atoms with Crippen LogP contribution in [-0.4, -0.2) is 6.54 Å². The van der Waals surface area contributed by atoms with E-state index >= 15 is 0 Å². The molecule has 1 aliphatic heterocycles. The molecule has 0 saturated carbocycles. The fourth-order valence-electron chi connectivity index (χ4n) is 1.57. The summed E-state index contributed by atoms with van der Waals surface area (Å²) in [6.45, 7) is 1.15. The first-order valence-corrected chi connectivity index (χ1v) is 5.05. The number of benzene rings is 1. The monoisotopic (exact) mass is 274 g/mol. The van der Waals surface area contributed by atoms with Crippen LogP contribution in [0.15, 0.2) is 18.2 Å². The SMILES string of the molecule is Nc1ccc2c(c1)CCCN2I. The average molecular weight is 274 g/mol. The molecule has 2 N–H and O–H groups in total. The van der Waals surface area contributed by atoms with Crippen molar-refractivity contribution in [1.82, 2.24) is 0 Å². The van der Waals surface area contributed by atoms with E-state index < -0.39 is 0 Å². The van der Waals surface area contributed by atoms with Crippen LogP contribution >= 0.6 is 22.9 Å². The van der Waals surface area contributed by atoms with E-state index in [9.17, 15) is 0 Å². The van der Waals surface area contributed by atoms with Crippen LogP contribution in [-0.2, 0) is 6.42 Å². The molecular formula is C9H11IN2. The summed E-state index contributed by atoms with van der Waals surface area (Å²) in [5, 5.41) is 0. The average Bonchev–Trinajstić information content (AvgIpc) is 2.04. The van der Waals surface area contributed by atoms with E-state index in [2.05, 4.69) is 38.1 Å². The summed E-state index contributed by atoms with van der Waals surface area (Å²) < 4.78 is 2.26. The van der Waals surface area contributed by atoms with Gasteiger partial charge in [-0.2, -0.15) is 0 Å². The number of hydrogen-bond acceptors (Lipinski definition) is 2. The molecular weight excluding hydrogens is 263 g/mol. The van der Waals surface area contributed by atoms with Gasteiger partial charge in [-0.25, -0.2) is 0 Å². The lowest BCUT2D eigenvalue weighted by Gasteiger charge is -2.25. The highest BCUT2D eigenvalue weighted by atomic mass is 127. The number of aryl methyl sites for hydroxylation is 1. The van der Waals surface area contributed by atoms with Crippen molar-refractivity contribution >= 4 is 34.2 Å². The summed E-state index contributed by atoms with van der Waals surface area (Å²) in [4.78, 5) is 0. The van der Waals surface area contributed by atoms with Crippen LogP contribution in [0.2, 0.25) is 0 Å². The lowest BCUT2D eigenvalue weighted by molar-refractivity contribution is 0.806. The summed E-state index contributed by atoms with van der Waals surface area (Å²) in [7, 11) is 0. The van der Waals surface area contributed by atoms with Gasteiger partial charge >= 0.3 is 0 Å². The Morgan fingerprint density at radius 2 is 2.25 bits per heavy atom. The van der Waals surface area contributed by atoms with Gasteiger partial charge in [-0.05, 0) is 36.6 Å². The fraction of sp³-hybridized carbons (Fsp3) is 0.333. The first kappa shape index (κ1) is 8.16. The summed E-state index contributed by atoms with van der Waals surface area (Å²) in [5.41, 5.74) is 9.30. The number of halogens is 1. The number of nitrogens with zero attached hydrogens (tertiary/aromatic N) is 1. The molecule has 0 saturated heterocycles. The third kappa shape index (κ3) is 1.37. The van der Waals surface area contributed by atoms with E-state index in [1.54, 1.807) is 0 Å². The zero-order valence-electron chi connectivity index (χ0n) is 6.76. The number of hydrogen-bond donors (Lipinski definition) is 1. The Labute approximate surface area is 86.2 Å². The predicted octanol–water partition coefficient (Wildman–Crippen LogP) is 2.37. The van der Waals surface area contributed by atoms with Crippen LogP contribution in [0.1, 0.15) is 12.0 Å². The zero-order valence-corrected chi connectivity index (χ0v) is 8.91. The molecule has 0 spiro atoms. The van der Waals surface area contributed by atoms with Crippen molar-refractivity contribution in [3.63, 3.8) is 0 Å². The van der Waals surface area contributed by atoms with Gasteiger partial charge in [-0.15, -0.1) is 0 Å². The first-order chi connectivity index (χ1) is 5.77. The molecule has 12 heavy (non-hydrogen) atoms. The maximum absolute atomic E-state index is 5.71. The molecule has 1 aromatic carbocycles. The highest BCUT2D eigenvalue weighted by Crippen LogP contribution is 2.30. The van der Waals surface area contributed by atoms with Crippen LogP contribution < -0.4 is 8.85 Å².